The second kappa shape index (κ2) is 16.5. The van der Waals surface area contributed by atoms with Gasteiger partial charge in [-0.05, 0) is 12.8 Å². The predicted octanol–water partition coefficient (Wildman–Crippen LogP) is 6.56. The fraction of sp³-hybridized carbons (Fsp3) is 0.250. The van der Waals surface area contributed by atoms with Gasteiger partial charge in [-0.3, -0.25) is 0 Å². The van der Waals surface area contributed by atoms with Gasteiger partial charge in [0, 0.05) is 0 Å². The van der Waals surface area contributed by atoms with Crippen molar-refractivity contribution in [1.82, 2.24) is 0 Å². The molecule has 4 aromatic rings. The summed E-state index contributed by atoms with van der Waals surface area (Å²) in [5, 5.41) is 0. The van der Waals surface area contributed by atoms with Crippen LogP contribution >= 0.6 is 0 Å². The van der Waals surface area contributed by atoms with Gasteiger partial charge < -0.3 is 4.90 Å². The molecule has 0 aliphatic heterocycles. The van der Waals surface area contributed by atoms with Crippen molar-refractivity contribution in [2.45, 2.75) is 32.6 Å². The summed E-state index contributed by atoms with van der Waals surface area (Å²) in [5.74, 6) is -71.4. The van der Waals surface area contributed by atoms with E-state index in [9.17, 15) is 52.7 Å². The van der Waals surface area contributed by atoms with Crippen molar-refractivity contribution in [3.05, 3.63) is 116 Å². The minimum absolute atomic E-state index is 1.33. The lowest BCUT2D eigenvalue weighted by molar-refractivity contribution is -0.858. The maximum absolute atomic E-state index is 15.4. The van der Waals surface area contributed by atoms with Crippen LogP contribution in [0.1, 0.15) is 32.6 Å². The Morgan fingerprint density at radius 3 is 0.648 bits per heavy atom. The molecule has 0 amide bonds. The molecular formula is C32H20BF20N. The molecular weight excluding hydrogens is 789 g/mol. The lowest BCUT2D eigenvalue weighted by Crippen LogP contribution is -3.05. The number of unbranched alkanes of at least 4 members (excludes halogenated alkanes) is 3. The lowest BCUT2D eigenvalue weighted by Gasteiger charge is -2.44. The van der Waals surface area contributed by atoms with Crippen molar-refractivity contribution in [1.29, 1.82) is 0 Å². The Kier molecular flexibility index (Phi) is 13.4. The molecule has 0 atom stereocenters. The molecule has 54 heavy (non-hydrogen) atoms. The van der Waals surface area contributed by atoms with E-state index in [-0.39, 0.29) is 0 Å². The minimum atomic E-state index is -7.22. The van der Waals surface area contributed by atoms with Gasteiger partial charge in [-0.15, -0.1) is 21.9 Å². The average molecular weight is 809 g/mol. The third-order valence-corrected chi connectivity index (χ3v) is 8.24. The molecule has 0 aliphatic rings. The molecule has 4 rings (SSSR count). The van der Waals surface area contributed by atoms with E-state index < -0.39 is 144 Å². The van der Waals surface area contributed by atoms with Gasteiger partial charge in [0.25, 0.3) is 0 Å². The maximum Gasteiger partial charge on any atom is 0.200 e. The van der Waals surface area contributed by atoms with Crippen molar-refractivity contribution in [3.8, 4) is 0 Å². The number of quaternary nitrogens is 1. The Bertz CT molecular complexity index is 1720. The summed E-state index contributed by atoms with van der Waals surface area (Å²) < 4.78 is 294. The summed E-state index contributed by atoms with van der Waals surface area (Å²) in [4.78, 5) is 1.58. The third kappa shape index (κ3) is 6.96. The first-order chi connectivity index (χ1) is 25.0. The normalized spacial score (nSPS) is 11.8. The smallest absolute Gasteiger partial charge is 0.200 e. The summed E-state index contributed by atoms with van der Waals surface area (Å²) in [5.41, 5.74) is -14.3. The van der Waals surface area contributed by atoms with Crippen LogP contribution < -0.4 is 26.8 Å². The van der Waals surface area contributed by atoms with Crippen LogP contribution in [0.4, 0.5) is 87.8 Å². The number of hydrogen-bond acceptors (Lipinski definition) is 0. The Balaban J connectivity index is 0.000000772. The van der Waals surface area contributed by atoms with Crippen molar-refractivity contribution in [2.75, 3.05) is 20.6 Å². The molecule has 0 aliphatic carbocycles. The fourth-order valence-electron chi connectivity index (χ4n) is 5.78. The van der Waals surface area contributed by atoms with E-state index in [1.165, 1.54) is 32.2 Å². The van der Waals surface area contributed by atoms with E-state index in [0.29, 0.717) is 0 Å². The van der Waals surface area contributed by atoms with Gasteiger partial charge in [0.05, 0.1) is 20.6 Å². The van der Waals surface area contributed by atoms with E-state index >= 15 is 35.1 Å². The second-order valence-electron chi connectivity index (χ2n) is 11.8. The molecule has 4 aromatic carbocycles. The van der Waals surface area contributed by atoms with Gasteiger partial charge >= 0.3 is 0 Å². The zero-order valence-corrected chi connectivity index (χ0v) is 27.2. The highest BCUT2D eigenvalue weighted by molar-refractivity contribution is 7.20. The van der Waals surface area contributed by atoms with Crippen LogP contribution in [-0.2, 0) is 0 Å². The van der Waals surface area contributed by atoms with Crippen LogP contribution in [0, 0.1) is 116 Å². The lowest BCUT2D eigenvalue weighted by atomic mass is 9.12. The van der Waals surface area contributed by atoms with Gasteiger partial charge in [0.2, 0.25) is 0 Å². The van der Waals surface area contributed by atoms with Crippen molar-refractivity contribution in [3.63, 3.8) is 0 Å². The van der Waals surface area contributed by atoms with Gasteiger partial charge in [0.15, 0.2) is 69.8 Å². The fourth-order valence-corrected chi connectivity index (χ4v) is 5.78. The molecule has 22 heteroatoms. The van der Waals surface area contributed by atoms with Gasteiger partial charge in [-0.25, -0.2) is 87.8 Å². The topological polar surface area (TPSA) is 4.44 Å². The molecule has 0 saturated carbocycles. The van der Waals surface area contributed by atoms with Crippen LogP contribution in [0.15, 0.2) is 0 Å². The molecule has 0 spiro atoms. The summed E-state index contributed by atoms with van der Waals surface area (Å²) in [6.07, 6.45) is -1.64. The summed E-state index contributed by atoms with van der Waals surface area (Å²) in [6.45, 7) is 3.59. The Morgan fingerprint density at radius 2 is 0.481 bits per heavy atom. The molecule has 296 valence electrons. The first-order valence-electron chi connectivity index (χ1n) is 15.0. The number of hydrogen-bond donors (Lipinski definition) is 1. The second-order valence-corrected chi connectivity index (χ2v) is 11.8. The molecule has 1 N–H and O–H groups in total. The maximum atomic E-state index is 15.4. The van der Waals surface area contributed by atoms with Crippen LogP contribution in [0.3, 0.4) is 0 Å². The molecule has 0 radical (unpaired) electrons. The third-order valence-electron chi connectivity index (χ3n) is 8.24. The zero-order valence-electron chi connectivity index (χ0n) is 27.2. The van der Waals surface area contributed by atoms with E-state index in [1.54, 1.807) is 4.90 Å². The predicted molar refractivity (Wildman–Crippen MR) is 151 cm³/mol. The SMILES string of the molecule is CCCCCC[NH+](C)C.Fc1c(F)c(F)c([B-](c2c(F)c(F)c(F)c(F)c2F)(c2c(F)c(F)c(F)c(F)c2F)c2c(F)c(F)c(F)c(F)c2F)c(F)c1F. The van der Waals surface area contributed by atoms with Crippen LogP contribution in [-0.4, -0.2) is 26.8 Å². The van der Waals surface area contributed by atoms with Crippen LogP contribution in [0.5, 0.6) is 0 Å². The highest BCUT2D eigenvalue weighted by Gasteiger charge is 2.52. The quantitative estimate of drug-likeness (QED) is 0.0644. The molecule has 0 saturated heterocycles. The average Bonchev–Trinajstić information content (AvgIpc) is 3.13. The Morgan fingerprint density at radius 1 is 0.296 bits per heavy atom. The van der Waals surface area contributed by atoms with E-state index in [4.69, 9.17) is 0 Å². The van der Waals surface area contributed by atoms with E-state index in [1.807, 2.05) is 0 Å². The highest BCUT2D eigenvalue weighted by Crippen LogP contribution is 2.30. The van der Waals surface area contributed by atoms with E-state index in [0.717, 1.165) is 0 Å². The largest absolute Gasteiger partial charge is 0.340 e. The summed E-state index contributed by atoms with van der Waals surface area (Å²) in [7, 11) is 4.43. The molecule has 1 nitrogen and oxygen atoms in total. The molecule has 0 aromatic heterocycles. The Labute approximate surface area is 290 Å². The van der Waals surface area contributed by atoms with Crippen molar-refractivity contribution >= 4 is 28.0 Å². The first-order valence-corrected chi connectivity index (χ1v) is 15.0. The highest BCUT2D eigenvalue weighted by atomic mass is 19.2. The summed E-state index contributed by atoms with van der Waals surface area (Å²) in [6, 6.07) is 0. The van der Waals surface area contributed by atoms with Crippen molar-refractivity contribution < 1.29 is 92.7 Å². The first kappa shape index (κ1) is 43.9. The number of halogens is 20. The van der Waals surface area contributed by atoms with Gasteiger partial charge in [-0.1, -0.05) is 19.8 Å². The van der Waals surface area contributed by atoms with Crippen molar-refractivity contribution in [2.24, 2.45) is 0 Å². The number of nitrogens with one attached hydrogen (secondary N) is 1. The van der Waals surface area contributed by atoms with Crippen LogP contribution in [0.2, 0.25) is 0 Å². The molecule has 0 heterocycles. The monoisotopic (exact) mass is 809 g/mol. The molecule has 0 fully saturated rings. The van der Waals surface area contributed by atoms with Gasteiger partial charge in [0.1, 0.15) is 52.7 Å². The molecule has 0 unspecified atom stereocenters. The number of rotatable bonds is 9. The molecule has 0 bridgehead atoms. The number of benzene rings is 4. The van der Waals surface area contributed by atoms with Gasteiger partial charge in [-0.2, -0.15) is 0 Å². The van der Waals surface area contributed by atoms with E-state index in [2.05, 4.69) is 21.0 Å². The standard InChI is InChI=1S/C24BF20.C8H19N/c26-5-1(6(27)14(35)21(42)13(5)34)25(2-7(28)15(36)22(43)16(37)8(2)29,3-9(30)17(38)23(44)18(39)10(3)31)4-11(32)19(40)24(45)20(41)12(4)33;1-4-5-6-7-8-9(2)3/h;4-8H2,1-3H3/q-1;/p+1. The zero-order chi connectivity index (χ0) is 41.5. The summed E-state index contributed by atoms with van der Waals surface area (Å²) >= 11 is 0. The van der Waals surface area contributed by atoms with Crippen LogP contribution in [0.25, 0.3) is 0 Å². The Hall–Kier alpha value is -4.50. The minimum Gasteiger partial charge on any atom is -0.340 e.